The summed E-state index contributed by atoms with van der Waals surface area (Å²) in [6.07, 6.45) is 0. The Morgan fingerprint density at radius 2 is 2.05 bits per heavy atom. The Kier molecular flexibility index (Phi) is 3.12. The molecule has 0 aliphatic carbocycles. The fraction of sp³-hybridized carbons (Fsp3) is 0.412. The topological polar surface area (TPSA) is 46.0 Å². The zero-order chi connectivity index (χ0) is 15.3. The summed E-state index contributed by atoms with van der Waals surface area (Å²) < 4.78 is 7.45. The lowest BCUT2D eigenvalue weighted by atomic mass is 10.1. The Labute approximate surface area is 124 Å². The van der Waals surface area contributed by atoms with Crippen molar-refractivity contribution in [2.75, 3.05) is 6.61 Å². The fourth-order valence-corrected chi connectivity index (χ4v) is 3.22. The molecule has 110 valence electrons. The maximum Gasteiger partial charge on any atom is 0.355 e. The van der Waals surface area contributed by atoms with Crippen LogP contribution in [0.25, 0.3) is 16.5 Å². The van der Waals surface area contributed by atoms with Crippen molar-refractivity contribution in [3.05, 3.63) is 34.3 Å². The largest absolute Gasteiger partial charge is 0.461 e. The minimum Gasteiger partial charge on any atom is -0.461 e. The Balaban J connectivity index is 2.25. The van der Waals surface area contributed by atoms with Gasteiger partial charge < -0.3 is 9.72 Å². The number of pyridine rings is 1. The lowest BCUT2D eigenvalue weighted by Crippen LogP contribution is -2.37. The molecule has 0 amide bonds. The molecule has 2 aromatic heterocycles. The van der Waals surface area contributed by atoms with Gasteiger partial charge in [-0.25, -0.2) is 4.79 Å². The number of nitrogens with one attached hydrogen (secondary N) is 1. The third kappa shape index (κ3) is 1.89. The van der Waals surface area contributed by atoms with Crippen molar-refractivity contribution in [2.24, 2.45) is 0 Å². The molecule has 4 nitrogen and oxygen atoms in total. The first-order chi connectivity index (χ1) is 9.95. The van der Waals surface area contributed by atoms with Gasteiger partial charge >= 0.3 is 5.97 Å². The van der Waals surface area contributed by atoms with Crippen molar-refractivity contribution in [3.63, 3.8) is 0 Å². The van der Waals surface area contributed by atoms with E-state index in [1.165, 1.54) is 22.5 Å². The van der Waals surface area contributed by atoms with Gasteiger partial charge in [-0.3, -0.25) is 0 Å². The van der Waals surface area contributed by atoms with Gasteiger partial charge in [0.25, 0.3) is 0 Å². The van der Waals surface area contributed by atoms with Crippen LogP contribution in [0, 0.1) is 13.8 Å². The first-order valence-corrected chi connectivity index (χ1v) is 7.35. The predicted octanol–water partition coefficient (Wildman–Crippen LogP) is 3.06. The lowest BCUT2D eigenvalue weighted by Gasteiger charge is -2.02. The summed E-state index contributed by atoms with van der Waals surface area (Å²) in [5.41, 5.74) is 7.69. The summed E-state index contributed by atoms with van der Waals surface area (Å²) in [5.74, 6) is -0.279. The number of carbonyl (C=O) groups excluding carboxylic acids is 1. The van der Waals surface area contributed by atoms with Crippen molar-refractivity contribution in [1.82, 2.24) is 4.98 Å². The van der Waals surface area contributed by atoms with E-state index in [1.54, 1.807) is 0 Å². The number of nitrogens with zero attached hydrogens (tertiary/aromatic N) is 1. The molecule has 3 heterocycles. The third-order valence-electron chi connectivity index (χ3n) is 4.52. The highest BCUT2D eigenvalue weighted by atomic mass is 16.5. The molecule has 1 aliphatic heterocycles. The Morgan fingerprint density at radius 1 is 1.33 bits per heavy atom. The minimum atomic E-state index is -0.279. The van der Waals surface area contributed by atoms with Crippen molar-refractivity contribution >= 4 is 22.4 Å². The molecule has 4 heteroatoms. The van der Waals surface area contributed by atoms with Gasteiger partial charge in [0.05, 0.1) is 17.5 Å². The molecule has 21 heavy (non-hydrogen) atoms. The monoisotopic (exact) mass is 285 g/mol. The molecule has 1 N–H and O–H groups in total. The Hall–Kier alpha value is -2.10. The highest BCUT2D eigenvalue weighted by molar-refractivity contribution is 5.99. The maximum atomic E-state index is 12.0. The molecule has 0 atom stereocenters. The second kappa shape index (κ2) is 4.72. The van der Waals surface area contributed by atoms with E-state index in [9.17, 15) is 4.79 Å². The summed E-state index contributed by atoms with van der Waals surface area (Å²) in [4.78, 5) is 15.3. The zero-order valence-electron chi connectivity index (χ0n) is 13.3. The summed E-state index contributed by atoms with van der Waals surface area (Å²) in [6.45, 7) is 11.6. The number of carbonyl (C=O) groups is 1. The van der Waals surface area contributed by atoms with Crippen molar-refractivity contribution < 1.29 is 14.1 Å². The van der Waals surface area contributed by atoms with Gasteiger partial charge in [-0.1, -0.05) is 0 Å². The first-order valence-electron chi connectivity index (χ1n) is 7.35. The van der Waals surface area contributed by atoms with Gasteiger partial charge in [-0.15, -0.1) is 0 Å². The van der Waals surface area contributed by atoms with E-state index >= 15 is 0 Å². The molecular formula is C17H21N2O2+. The highest BCUT2D eigenvalue weighted by Crippen LogP contribution is 2.30. The molecule has 0 fully saturated rings. The van der Waals surface area contributed by atoms with Gasteiger partial charge in [0.1, 0.15) is 5.69 Å². The molecular weight excluding hydrogens is 264 g/mol. The van der Waals surface area contributed by atoms with E-state index in [1.807, 2.05) is 13.8 Å². The molecule has 0 spiro atoms. The lowest BCUT2D eigenvalue weighted by molar-refractivity contribution is -0.690. The number of hydrogen-bond acceptors (Lipinski definition) is 2. The number of esters is 1. The van der Waals surface area contributed by atoms with Crippen molar-refractivity contribution in [1.29, 1.82) is 0 Å². The number of fused-ring (bicyclic) bond motifs is 2. The Bertz CT molecular complexity index is 797. The normalized spacial score (nSPS) is 14.0. The van der Waals surface area contributed by atoms with Crippen LogP contribution < -0.4 is 4.57 Å². The van der Waals surface area contributed by atoms with Gasteiger partial charge in [0, 0.05) is 24.1 Å². The minimum absolute atomic E-state index is 0.279. The second-order valence-corrected chi connectivity index (χ2v) is 5.74. The van der Waals surface area contributed by atoms with Crippen LogP contribution in [0.2, 0.25) is 0 Å². The third-order valence-corrected chi connectivity index (χ3v) is 4.52. The maximum absolute atomic E-state index is 12.0. The van der Waals surface area contributed by atoms with E-state index < -0.39 is 0 Å². The number of aromatic amines is 1. The van der Waals surface area contributed by atoms with Crippen molar-refractivity contribution in [3.8, 4) is 0 Å². The van der Waals surface area contributed by atoms with Crippen LogP contribution in [0.1, 0.15) is 48.2 Å². The standard InChI is InChI=1S/C17H20N2O2/c1-6-21-17(20)16-11(4)15-12(5)19-8-9(2)10(3)14(19)7-13(15)18-16/h7H,6,8H2,1-5H3/p+1. The van der Waals surface area contributed by atoms with Crippen LogP contribution in [0.5, 0.6) is 0 Å². The summed E-state index contributed by atoms with van der Waals surface area (Å²) >= 11 is 0. The quantitative estimate of drug-likeness (QED) is 0.681. The van der Waals surface area contributed by atoms with Crippen LogP contribution in [0.3, 0.4) is 0 Å². The fourth-order valence-electron chi connectivity index (χ4n) is 3.22. The van der Waals surface area contributed by atoms with E-state index in [4.69, 9.17) is 4.74 Å². The van der Waals surface area contributed by atoms with Gasteiger partial charge in [0.2, 0.25) is 5.69 Å². The number of H-pyrrole nitrogens is 1. The van der Waals surface area contributed by atoms with Gasteiger partial charge in [-0.2, -0.15) is 4.57 Å². The molecule has 1 aliphatic rings. The molecule has 0 saturated carbocycles. The number of hydrogen-bond donors (Lipinski definition) is 1. The average molecular weight is 285 g/mol. The van der Waals surface area contributed by atoms with Crippen LogP contribution >= 0.6 is 0 Å². The van der Waals surface area contributed by atoms with Gasteiger partial charge in [0.15, 0.2) is 12.2 Å². The molecule has 0 bridgehead atoms. The molecule has 0 aromatic carbocycles. The van der Waals surface area contributed by atoms with Crippen molar-refractivity contribution in [2.45, 2.75) is 41.2 Å². The molecule has 0 unspecified atom stereocenters. The summed E-state index contributed by atoms with van der Waals surface area (Å²) in [5, 5.41) is 1.13. The first kappa shape index (κ1) is 13.9. The number of aryl methyl sites for hydroxylation is 2. The number of ether oxygens (including phenoxy) is 1. The second-order valence-electron chi connectivity index (χ2n) is 5.74. The summed E-state index contributed by atoms with van der Waals surface area (Å²) in [6, 6.07) is 2.14. The smallest absolute Gasteiger partial charge is 0.355 e. The Morgan fingerprint density at radius 3 is 2.71 bits per heavy atom. The van der Waals surface area contributed by atoms with E-state index in [-0.39, 0.29) is 5.97 Å². The molecule has 0 radical (unpaired) electrons. The van der Waals surface area contributed by atoms with Crippen LogP contribution in [-0.2, 0) is 11.3 Å². The average Bonchev–Trinajstić information content (AvgIpc) is 2.91. The SMILES string of the molecule is CCOC(=O)c1[nH]c2cc3[n+](c(C)c2c1C)CC(C)=C3C. The van der Waals surface area contributed by atoms with Gasteiger partial charge in [-0.05, 0) is 33.3 Å². The molecule has 3 rings (SSSR count). The van der Waals surface area contributed by atoms with E-state index in [2.05, 4.69) is 36.4 Å². The van der Waals surface area contributed by atoms with E-state index in [0.717, 1.165) is 23.0 Å². The number of aromatic nitrogens is 2. The number of allylic oxidation sites excluding steroid dienone is 2. The van der Waals surface area contributed by atoms with Crippen LogP contribution in [0.4, 0.5) is 0 Å². The van der Waals surface area contributed by atoms with E-state index in [0.29, 0.717) is 12.3 Å². The summed E-state index contributed by atoms with van der Waals surface area (Å²) in [7, 11) is 0. The van der Waals surface area contributed by atoms with Crippen LogP contribution in [0.15, 0.2) is 11.6 Å². The predicted molar refractivity (Wildman–Crippen MR) is 82.2 cm³/mol. The van der Waals surface area contributed by atoms with Crippen LogP contribution in [-0.4, -0.2) is 17.6 Å². The number of rotatable bonds is 2. The zero-order valence-corrected chi connectivity index (χ0v) is 13.3. The molecule has 2 aromatic rings. The molecule has 0 saturated heterocycles. The highest BCUT2D eigenvalue weighted by Gasteiger charge is 2.30.